The molecule has 92 valence electrons. The van der Waals surface area contributed by atoms with Crippen LogP contribution in [0, 0.1) is 0 Å². The van der Waals surface area contributed by atoms with Crippen LogP contribution in [0.25, 0.3) is 10.2 Å². The molecule has 3 nitrogen and oxygen atoms in total. The van der Waals surface area contributed by atoms with Gasteiger partial charge in [0.15, 0.2) is 0 Å². The van der Waals surface area contributed by atoms with E-state index in [1.807, 2.05) is 17.8 Å². The van der Waals surface area contributed by atoms with Gasteiger partial charge in [-0.2, -0.15) is 11.8 Å². The van der Waals surface area contributed by atoms with Crippen molar-refractivity contribution < 1.29 is 0 Å². The zero-order valence-electron chi connectivity index (χ0n) is 10.1. The van der Waals surface area contributed by atoms with E-state index in [2.05, 4.69) is 34.5 Å². The Balaban J connectivity index is 2.00. The van der Waals surface area contributed by atoms with Crippen molar-refractivity contribution >= 4 is 39.1 Å². The zero-order chi connectivity index (χ0) is 12.1. The van der Waals surface area contributed by atoms with Crippen LogP contribution in [-0.4, -0.2) is 27.5 Å². The standard InChI is InChI=1S/C12H17N3S2/c1-3-16-6-4-9(2)15-12-11-10(5-7-17-11)13-8-14-12/h5,7-9H,3-4,6H2,1-2H3,(H,13,14,15). The highest BCUT2D eigenvalue weighted by atomic mass is 32.2. The summed E-state index contributed by atoms with van der Waals surface area (Å²) >= 11 is 3.67. The van der Waals surface area contributed by atoms with Crippen LogP contribution in [0.15, 0.2) is 17.8 Å². The summed E-state index contributed by atoms with van der Waals surface area (Å²) < 4.78 is 1.16. The number of hydrogen-bond acceptors (Lipinski definition) is 5. The number of anilines is 1. The molecule has 2 aromatic heterocycles. The van der Waals surface area contributed by atoms with Crippen LogP contribution in [-0.2, 0) is 0 Å². The van der Waals surface area contributed by atoms with Gasteiger partial charge < -0.3 is 5.32 Å². The van der Waals surface area contributed by atoms with Gasteiger partial charge in [0.2, 0.25) is 0 Å². The lowest BCUT2D eigenvalue weighted by Crippen LogP contribution is -2.17. The van der Waals surface area contributed by atoms with E-state index in [1.165, 1.54) is 11.5 Å². The Morgan fingerprint density at radius 1 is 1.47 bits per heavy atom. The van der Waals surface area contributed by atoms with Crippen LogP contribution < -0.4 is 5.32 Å². The minimum absolute atomic E-state index is 0.453. The summed E-state index contributed by atoms with van der Waals surface area (Å²) in [6.07, 6.45) is 2.79. The van der Waals surface area contributed by atoms with Gasteiger partial charge in [-0.25, -0.2) is 9.97 Å². The molecule has 1 N–H and O–H groups in total. The number of fused-ring (bicyclic) bond motifs is 1. The van der Waals surface area contributed by atoms with Gasteiger partial charge in [-0.15, -0.1) is 11.3 Å². The minimum Gasteiger partial charge on any atom is -0.366 e. The molecule has 1 atom stereocenters. The molecule has 17 heavy (non-hydrogen) atoms. The number of thiophene rings is 1. The van der Waals surface area contributed by atoms with Crippen molar-refractivity contribution in [1.29, 1.82) is 0 Å². The Labute approximate surface area is 110 Å². The van der Waals surface area contributed by atoms with Crippen LogP contribution in [0.3, 0.4) is 0 Å². The van der Waals surface area contributed by atoms with Crippen LogP contribution in [0.2, 0.25) is 0 Å². The number of nitrogens with zero attached hydrogens (tertiary/aromatic N) is 2. The van der Waals surface area contributed by atoms with Gasteiger partial charge in [-0.05, 0) is 36.3 Å². The molecule has 0 bridgehead atoms. The van der Waals surface area contributed by atoms with E-state index in [4.69, 9.17) is 0 Å². The van der Waals surface area contributed by atoms with Crippen molar-refractivity contribution in [2.75, 3.05) is 16.8 Å². The second-order valence-corrected chi connectivity index (χ2v) is 6.20. The van der Waals surface area contributed by atoms with E-state index in [1.54, 1.807) is 17.7 Å². The van der Waals surface area contributed by atoms with E-state index < -0.39 is 0 Å². The Bertz CT molecular complexity index is 469. The monoisotopic (exact) mass is 267 g/mol. The van der Waals surface area contributed by atoms with Gasteiger partial charge in [0.25, 0.3) is 0 Å². The summed E-state index contributed by atoms with van der Waals surface area (Å²) in [5, 5.41) is 5.53. The van der Waals surface area contributed by atoms with E-state index in [0.717, 1.165) is 22.5 Å². The third-order valence-electron chi connectivity index (χ3n) is 2.53. The van der Waals surface area contributed by atoms with Crippen molar-refractivity contribution in [2.24, 2.45) is 0 Å². The minimum atomic E-state index is 0.453. The first-order valence-corrected chi connectivity index (χ1v) is 7.87. The SMILES string of the molecule is CCSCCC(C)Nc1ncnc2ccsc12. The lowest BCUT2D eigenvalue weighted by Gasteiger charge is -2.14. The maximum absolute atomic E-state index is 4.33. The molecular weight excluding hydrogens is 250 g/mol. The topological polar surface area (TPSA) is 37.8 Å². The normalized spacial score (nSPS) is 12.8. The van der Waals surface area contributed by atoms with Crippen molar-refractivity contribution in [2.45, 2.75) is 26.3 Å². The van der Waals surface area contributed by atoms with E-state index >= 15 is 0 Å². The van der Waals surface area contributed by atoms with Crippen LogP contribution in [0.5, 0.6) is 0 Å². The van der Waals surface area contributed by atoms with Gasteiger partial charge in [-0.3, -0.25) is 0 Å². The second-order valence-electron chi connectivity index (χ2n) is 3.89. The Hall–Kier alpha value is -0.810. The molecule has 0 fully saturated rings. The van der Waals surface area contributed by atoms with Gasteiger partial charge in [0.05, 0.1) is 10.2 Å². The maximum atomic E-state index is 4.33. The first-order chi connectivity index (χ1) is 8.31. The maximum Gasteiger partial charge on any atom is 0.147 e. The summed E-state index contributed by atoms with van der Waals surface area (Å²) in [5.74, 6) is 3.36. The highest BCUT2D eigenvalue weighted by molar-refractivity contribution is 7.99. The van der Waals surface area contributed by atoms with Crippen LogP contribution >= 0.6 is 23.1 Å². The quantitative estimate of drug-likeness (QED) is 0.811. The molecule has 0 spiro atoms. The third-order valence-corrected chi connectivity index (χ3v) is 4.37. The molecule has 0 radical (unpaired) electrons. The molecule has 2 heterocycles. The summed E-state index contributed by atoms with van der Waals surface area (Å²) in [7, 11) is 0. The van der Waals surface area contributed by atoms with Crippen molar-refractivity contribution in [3.05, 3.63) is 17.8 Å². The van der Waals surface area contributed by atoms with Crippen molar-refractivity contribution in [3.63, 3.8) is 0 Å². The molecule has 2 rings (SSSR count). The van der Waals surface area contributed by atoms with E-state index in [9.17, 15) is 0 Å². The van der Waals surface area contributed by atoms with Crippen LogP contribution in [0.1, 0.15) is 20.3 Å². The Morgan fingerprint density at radius 3 is 3.18 bits per heavy atom. The molecule has 0 saturated heterocycles. The molecule has 5 heteroatoms. The number of hydrogen-bond donors (Lipinski definition) is 1. The van der Waals surface area contributed by atoms with Crippen molar-refractivity contribution in [1.82, 2.24) is 9.97 Å². The number of nitrogens with one attached hydrogen (secondary N) is 1. The summed E-state index contributed by atoms with van der Waals surface area (Å²) in [5.41, 5.74) is 1.03. The highest BCUT2D eigenvalue weighted by Crippen LogP contribution is 2.25. The lowest BCUT2D eigenvalue weighted by molar-refractivity contribution is 0.768. The molecule has 0 aliphatic rings. The fraction of sp³-hybridized carbons (Fsp3) is 0.500. The van der Waals surface area contributed by atoms with Gasteiger partial charge in [0.1, 0.15) is 12.1 Å². The smallest absolute Gasteiger partial charge is 0.147 e. The summed E-state index contributed by atoms with van der Waals surface area (Å²) in [6, 6.07) is 2.49. The average Bonchev–Trinajstić information content (AvgIpc) is 2.78. The number of thioether (sulfide) groups is 1. The summed E-state index contributed by atoms with van der Waals surface area (Å²) in [6.45, 7) is 4.40. The largest absolute Gasteiger partial charge is 0.366 e. The predicted molar refractivity (Wildman–Crippen MR) is 78.1 cm³/mol. The van der Waals surface area contributed by atoms with E-state index in [0.29, 0.717) is 6.04 Å². The molecule has 0 aliphatic heterocycles. The molecule has 0 saturated carbocycles. The Morgan fingerprint density at radius 2 is 2.35 bits per heavy atom. The number of aromatic nitrogens is 2. The third kappa shape index (κ3) is 3.33. The van der Waals surface area contributed by atoms with E-state index in [-0.39, 0.29) is 0 Å². The van der Waals surface area contributed by atoms with Crippen molar-refractivity contribution in [3.8, 4) is 0 Å². The van der Waals surface area contributed by atoms with Gasteiger partial charge >= 0.3 is 0 Å². The fourth-order valence-corrected chi connectivity index (χ4v) is 3.21. The molecule has 2 aromatic rings. The lowest BCUT2D eigenvalue weighted by atomic mass is 10.2. The average molecular weight is 267 g/mol. The molecule has 0 amide bonds. The summed E-state index contributed by atoms with van der Waals surface area (Å²) in [4.78, 5) is 8.57. The highest BCUT2D eigenvalue weighted by Gasteiger charge is 2.07. The first-order valence-electron chi connectivity index (χ1n) is 5.83. The van der Waals surface area contributed by atoms with Crippen LogP contribution in [0.4, 0.5) is 5.82 Å². The van der Waals surface area contributed by atoms with Gasteiger partial charge in [0, 0.05) is 6.04 Å². The molecule has 0 aliphatic carbocycles. The number of rotatable bonds is 6. The molecular formula is C12H17N3S2. The van der Waals surface area contributed by atoms with Gasteiger partial charge in [-0.1, -0.05) is 6.92 Å². The zero-order valence-corrected chi connectivity index (χ0v) is 11.8. The molecule has 1 unspecified atom stereocenters. The molecule has 0 aromatic carbocycles. The Kier molecular flexibility index (Phi) is 4.62. The first kappa shape index (κ1) is 12.6. The predicted octanol–water partition coefficient (Wildman–Crippen LogP) is 3.63. The fourth-order valence-electron chi connectivity index (χ4n) is 1.60. The second kappa shape index (κ2) is 6.21.